The number of aromatic carboxylic acids is 1. The molecule has 0 spiro atoms. The van der Waals surface area contributed by atoms with Gasteiger partial charge >= 0.3 is 12.0 Å². The Morgan fingerprint density at radius 2 is 2.06 bits per heavy atom. The monoisotopic (exact) mass is 236 g/mol. The molecule has 17 heavy (non-hydrogen) atoms. The molecule has 2 N–H and O–H groups in total. The van der Waals surface area contributed by atoms with E-state index in [0.717, 1.165) is 5.56 Å². The number of nitrogens with zero attached hydrogens (tertiary/aromatic N) is 1. The first-order chi connectivity index (χ1) is 7.97. The van der Waals surface area contributed by atoms with Crippen LogP contribution in [-0.4, -0.2) is 35.6 Å². The van der Waals surface area contributed by atoms with Crippen LogP contribution in [0.15, 0.2) is 18.2 Å². The van der Waals surface area contributed by atoms with Crippen molar-refractivity contribution in [1.29, 1.82) is 0 Å². The average molecular weight is 236 g/mol. The highest BCUT2D eigenvalue weighted by molar-refractivity contribution is 6.00. The number of carbonyl (C=O) groups is 2. The number of benzene rings is 1. The fourth-order valence-electron chi connectivity index (χ4n) is 1.36. The van der Waals surface area contributed by atoms with Gasteiger partial charge in [0.05, 0.1) is 11.3 Å². The van der Waals surface area contributed by atoms with E-state index in [4.69, 9.17) is 5.11 Å². The summed E-state index contributed by atoms with van der Waals surface area (Å²) in [7, 11) is 1.65. The Kier molecular flexibility index (Phi) is 4.09. The van der Waals surface area contributed by atoms with E-state index >= 15 is 0 Å². The predicted molar refractivity (Wildman–Crippen MR) is 65.5 cm³/mol. The van der Waals surface area contributed by atoms with E-state index in [1.54, 1.807) is 26.1 Å². The molecule has 0 saturated heterocycles. The van der Waals surface area contributed by atoms with Crippen LogP contribution in [0, 0.1) is 6.92 Å². The molecule has 0 radical (unpaired) electrons. The van der Waals surface area contributed by atoms with Crippen LogP contribution in [0.1, 0.15) is 22.8 Å². The van der Waals surface area contributed by atoms with Crippen molar-refractivity contribution in [3.8, 4) is 0 Å². The third kappa shape index (κ3) is 2.96. The first-order valence-electron chi connectivity index (χ1n) is 5.32. The molecular formula is C12H16N2O3. The number of rotatable bonds is 3. The molecule has 1 aromatic carbocycles. The summed E-state index contributed by atoms with van der Waals surface area (Å²) < 4.78 is 0. The molecule has 0 atom stereocenters. The number of nitrogens with one attached hydrogen (secondary N) is 1. The Hall–Kier alpha value is -2.04. The van der Waals surface area contributed by atoms with Gasteiger partial charge in [0, 0.05) is 13.6 Å². The molecule has 1 aromatic rings. The van der Waals surface area contributed by atoms with Crippen molar-refractivity contribution in [3.05, 3.63) is 29.3 Å². The topological polar surface area (TPSA) is 69.6 Å². The van der Waals surface area contributed by atoms with Gasteiger partial charge in [-0.1, -0.05) is 12.1 Å². The van der Waals surface area contributed by atoms with E-state index in [1.165, 1.54) is 11.0 Å². The van der Waals surface area contributed by atoms with Gasteiger partial charge in [-0.25, -0.2) is 9.59 Å². The fourth-order valence-corrected chi connectivity index (χ4v) is 1.36. The van der Waals surface area contributed by atoms with Crippen molar-refractivity contribution in [2.75, 3.05) is 18.9 Å². The lowest BCUT2D eigenvalue weighted by Crippen LogP contribution is -2.31. The van der Waals surface area contributed by atoms with Gasteiger partial charge in [0.15, 0.2) is 0 Å². The summed E-state index contributed by atoms with van der Waals surface area (Å²) in [5, 5.41) is 11.7. The first-order valence-corrected chi connectivity index (χ1v) is 5.32. The lowest BCUT2D eigenvalue weighted by molar-refractivity contribution is 0.0698. The molecule has 0 aliphatic rings. The molecule has 5 heteroatoms. The van der Waals surface area contributed by atoms with Crippen LogP contribution in [0.25, 0.3) is 0 Å². The molecule has 1 rings (SSSR count). The average Bonchev–Trinajstić information content (AvgIpc) is 2.30. The third-order valence-corrected chi connectivity index (χ3v) is 2.56. The lowest BCUT2D eigenvalue weighted by Gasteiger charge is -2.17. The highest BCUT2D eigenvalue weighted by Crippen LogP contribution is 2.20. The minimum absolute atomic E-state index is 0.0999. The van der Waals surface area contributed by atoms with E-state index in [0.29, 0.717) is 12.2 Å². The van der Waals surface area contributed by atoms with Gasteiger partial charge in [0.25, 0.3) is 0 Å². The summed E-state index contributed by atoms with van der Waals surface area (Å²) in [5.41, 5.74) is 1.18. The molecule has 5 nitrogen and oxygen atoms in total. The number of anilines is 1. The summed E-state index contributed by atoms with van der Waals surface area (Å²) >= 11 is 0. The Labute approximate surface area is 100 Å². The van der Waals surface area contributed by atoms with Gasteiger partial charge in [-0.15, -0.1) is 0 Å². The van der Waals surface area contributed by atoms with Gasteiger partial charge < -0.3 is 15.3 Å². The van der Waals surface area contributed by atoms with Crippen molar-refractivity contribution >= 4 is 17.7 Å². The molecule has 0 aromatic heterocycles. The molecule has 0 aliphatic heterocycles. The van der Waals surface area contributed by atoms with Crippen molar-refractivity contribution in [1.82, 2.24) is 4.90 Å². The molecule has 2 amide bonds. The third-order valence-electron chi connectivity index (χ3n) is 2.56. The number of hydrogen-bond donors (Lipinski definition) is 2. The number of carboxylic acids is 1. The van der Waals surface area contributed by atoms with Gasteiger partial charge in [0.2, 0.25) is 0 Å². The Balaban J connectivity index is 3.05. The maximum atomic E-state index is 11.7. The molecule has 0 fully saturated rings. The van der Waals surface area contributed by atoms with E-state index in [9.17, 15) is 9.59 Å². The molecule has 0 aliphatic carbocycles. The number of carboxylic acid groups (broad SMARTS) is 1. The summed E-state index contributed by atoms with van der Waals surface area (Å²) in [4.78, 5) is 24.2. The van der Waals surface area contributed by atoms with E-state index < -0.39 is 5.97 Å². The molecule has 92 valence electrons. The van der Waals surface area contributed by atoms with E-state index in [1.807, 2.05) is 6.92 Å². The summed E-state index contributed by atoms with van der Waals surface area (Å²) in [6, 6.07) is 4.56. The zero-order valence-electron chi connectivity index (χ0n) is 10.2. The molecular weight excluding hydrogens is 220 g/mol. The van der Waals surface area contributed by atoms with Gasteiger partial charge in [-0.05, 0) is 25.5 Å². The van der Waals surface area contributed by atoms with Crippen molar-refractivity contribution in [2.45, 2.75) is 13.8 Å². The summed E-state index contributed by atoms with van der Waals surface area (Å²) in [6.45, 7) is 4.16. The standard InChI is InChI=1S/C12H16N2O3/c1-4-14(3)12(17)13-10-8(2)6-5-7-9(10)11(15)16/h5-7H,4H2,1-3H3,(H,13,17)(H,15,16). The number of urea groups is 1. The zero-order chi connectivity index (χ0) is 13.0. The van der Waals surface area contributed by atoms with Crippen LogP contribution in [0.4, 0.5) is 10.5 Å². The largest absolute Gasteiger partial charge is 0.478 e. The smallest absolute Gasteiger partial charge is 0.337 e. The lowest BCUT2D eigenvalue weighted by atomic mass is 10.1. The van der Waals surface area contributed by atoms with Crippen LogP contribution in [0.2, 0.25) is 0 Å². The molecule has 0 bridgehead atoms. The highest BCUT2D eigenvalue weighted by atomic mass is 16.4. The van der Waals surface area contributed by atoms with Gasteiger partial charge in [0.1, 0.15) is 0 Å². The van der Waals surface area contributed by atoms with Crippen LogP contribution < -0.4 is 5.32 Å². The van der Waals surface area contributed by atoms with Crippen molar-refractivity contribution in [2.24, 2.45) is 0 Å². The van der Waals surface area contributed by atoms with Crippen LogP contribution in [-0.2, 0) is 0 Å². The zero-order valence-corrected chi connectivity index (χ0v) is 10.2. The summed E-state index contributed by atoms with van der Waals surface area (Å²) in [5.74, 6) is -1.05. The molecule has 0 unspecified atom stereocenters. The number of aryl methyl sites for hydroxylation is 1. The number of amides is 2. The minimum atomic E-state index is -1.05. The van der Waals surface area contributed by atoms with Crippen LogP contribution >= 0.6 is 0 Å². The van der Waals surface area contributed by atoms with Crippen molar-refractivity contribution < 1.29 is 14.7 Å². The Morgan fingerprint density at radius 3 is 2.59 bits per heavy atom. The maximum absolute atomic E-state index is 11.7. The Morgan fingerprint density at radius 1 is 1.41 bits per heavy atom. The fraction of sp³-hybridized carbons (Fsp3) is 0.333. The molecule has 0 heterocycles. The summed E-state index contributed by atoms with van der Waals surface area (Å²) in [6.07, 6.45) is 0. The number of para-hydroxylation sites is 1. The van der Waals surface area contributed by atoms with Gasteiger partial charge in [-0.3, -0.25) is 0 Å². The van der Waals surface area contributed by atoms with E-state index in [2.05, 4.69) is 5.32 Å². The first kappa shape index (κ1) is 13.0. The predicted octanol–water partition coefficient (Wildman–Crippen LogP) is 2.18. The van der Waals surface area contributed by atoms with Crippen molar-refractivity contribution in [3.63, 3.8) is 0 Å². The highest BCUT2D eigenvalue weighted by Gasteiger charge is 2.15. The van der Waals surface area contributed by atoms with Gasteiger partial charge in [-0.2, -0.15) is 0 Å². The van der Waals surface area contributed by atoms with Crippen LogP contribution in [0.3, 0.4) is 0 Å². The maximum Gasteiger partial charge on any atom is 0.337 e. The number of carbonyl (C=O) groups excluding carboxylic acids is 1. The quantitative estimate of drug-likeness (QED) is 0.845. The normalized spacial score (nSPS) is 9.82. The number of hydrogen-bond acceptors (Lipinski definition) is 2. The van der Waals surface area contributed by atoms with E-state index in [-0.39, 0.29) is 11.6 Å². The second kappa shape index (κ2) is 5.34. The second-order valence-electron chi connectivity index (χ2n) is 3.75. The SMILES string of the molecule is CCN(C)C(=O)Nc1c(C)cccc1C(=O)O. The van der Waals surface area contributed by atoms with Crippen LogP contribution in [0.5, 0.6) is 0 Å². The minimum Gasteiger partial charge on any atom is -0.478 e. The second-order valence-corrected chi connectivity index (χ2v) is 3.75. The Bertz CT molecular complexity index is 443. The molecule has 0 saturated carbocycles.